The fraction of sp³-hybridized carbons (Fsp3) is 0.174. The molecule has 10 heteroatoms. The van der Waals surface area contributed by atoms with Crippen LogP contribution in [0.5, 0.6) is 11.5 Å². The van der Waals surface area contributed by atoms with Crippen LogP contribution in [0.1, 0.15) is 28.4 Å². The van der Waals surface area contributed by atoms with Crippen LogP contribution >= 0.6 is 0 Å². The number of methoxy groups -OCH3 is 1. The molecule has 2 N–H and O–H groups in total. The molecule has 0 saturated carbocycles. The predicted octanol–water partition coefficient (Wildman–Crippen LogP) is 4.73. The van der Waals surface area contributed by atoms with Crippen molar-refractivity contribution in [2.24, 2.45) is 0 Å². The molecule has 4 rings (SSSR count). The van der Waals surface area contributed by atoms with Crippen LogP contribution in [0.25, 0.3) is 22.2 Å². The Hall–Kier alpha value is -4.08. The van der Waals surface area contributed by atoms with Crippen LogP contribution in [0.4, 0.5) is 13.2 Å². The zero-order valence-corrected chi connectivity index (χ0v) is 17.5. The van der Waals surface area contributed by atoms with E-state index in [0.29, 0.717) is 22.2 Å². The van der Waals surface area contributed by atoms with E-state index in [1.165, 1.54) is 32.2 Å². The van der Waals surface area contributed by atoms with Gasteiger partial charge in [-0.05, 0) is 36.2 Å². The number of carbonyl (C=O) groups is 1. The second-order valence-corrected chi connectivity index (χ2v) is 7.29. The van der Waals surface area contributed by atoms with Crippen molar-refractivity contribution in [2.45, 2.75) is 19.7 Å². The number of rotatable bonds is 6. The van der Waals surface area contributed by atoms with Gasteiger partial charge in [0.25, 0.3) is 0 Å². The Kier molecular flexibility index (Phi) is 5.67. The molecular formula is C23H18F3N3O4. The minimum atomic E-state index is -4.64. The number of aromatic amines is 2. The van der Waals surface area contributed by atoms with E-state index in [1.54, 1.807) is 24.4 Å². The van der Waals surface area contributed by atoms with Crippen LogP contribution < -0.4 is 15.0 Å². The SMILES string of the molecule is COc1cc(-c2cc(=O)[nH]c3[nH]ncc23)ccc1OCc1ccc(C(C)=O)cc1C(F)(F)F. The first kappa shape index (κ1) is 22.1. The number of hydrogen-bond acceptors (Lipinski definition) is 5. The highest BCUT2D eigenvalue weighted by molar-refractivity contribution is 5.94. The highest BCUT2D eigenvalue weighted by Crippen LogP contribution is 2.37. The second-order valence-electron chi connectivity index (χ2n) is 7.29. The lowest BCUT2D eigenvalue weighted by molar-refractivity contribution is -0.138. The van der Waals surface area contributed by atoms with E-state index in [2.05, 4.69) is 15.2 Å². The average molecular weight is 457 g/mol. The van der Waals surface area contributed by atoms with E-state index in [0.717, 1.165) is 6.07 Å². The lowest BCUT2D eigenvalue weighted by Gasteiger charge is -2.16. The molecule has 7 nitrogen and oxygen atoms in total. The Morgan fingerprint density at radius 2 is 1.88 bits per heavy atom. The van der Waals surface area contributed by atoms with Crippen LogP contribution in [-0.4, -0.2) is 28.1 Å². The molecule has 170 valence electrons. The lowest BCUT2D eigenvalue weighted by Crippen LogP contribution is -2.12. The zero-order chi connectivity index (χ0) is 23.8. The van der Waals surface area contributed by atoms with Gasteiger partial charge in [-0.3, -0.25) is 14.7 Å². The van der Waals surface area contributed by atoms with Crippen molar-refractivity contribution in [2.75, 3.05) is 7.11 Å². The second kappa shape index (κ2) is 8.45. The molecule has 0 atom stereocenters. The van der Waals surface area contributed by atoms with E-state index in [-0.39, 0.29) is 34.8 Å². The van der Waals surface area contributed by atoms with Crippen molar-refractivity contribution < 1.29 is 27.4 Å². The summed E-state index contributed by atoms with van der Waals surface area (Å²) < 4.78 is 51.5. The minimum absolute atomic E-state index is 0.0311. The Morgan fingerprint density at radius 3 is 2.58 bits per heavy atom. The summed E-state index contributed by atoms with van der Waals surface area (Å²) in [7, 11) is 1.40. The van der Waals surface area contributed by atoms with Gasteiger partial charge in [-0.1, -0.05) is 18.2 Å². The number of pyridine rings is 1. The molecule has 2 aromatic heterocycles. The quantitative estimate of drug-likeness (QED) is 0.408. The number of aromatic nitrogens is 3. The summed E-state index contributed by atoms with van der Waals surface area (Å²) in [6, 6.07) is 9.65. The van der Waals surface area contributed by atoms with Crippen LogP contribution in [0.3, 0.4) is 0 Å². The molecule has 2 aromatic carbocycles. The Bertz CT molecular complexity index is 1410. The summed E-state index contributed by atoms with van der Waals surface area (Å²) in [5, 5.41) is 7.32. The number of nitrogens with zero attached hydrogens (tertiary/aromatic N) is 1. The van der Waals surface area contributed by atoms with Gasteiger partial charge >= 0.3 is 6.18 Å². The van der Waals surface area contributed by atoms with Crippen LogP contribution in [0.15, 0.2) is 53.5 Å². The smallest absolute Gasteiger partial charge is 0.416 e. The topological polar surface area (TPSA) is 97.1 Å². The van der Waals surface area contributed by atoms with Crippen molar-refractivity contribution in [1.29, 1.82) is 0 Å². The maximum atomic E-state index is 13.5. The van der Waals surface area contributed by atoms with Gasteiger partial charge in [-0.2, -0.15) is 18.3 Å². The summed E-state index contributed by atoms with van der Waals surface area (Å²) in [5.74, 6) is 0.0355. The van der Waals surface area contributed by atoms with Crippen molar-refractivity contribution in [3.8, 4) is 22.6 Å². The average Bonchev–Trinajstić information content (AvgIpc) is 3.24. The number of benzene rings is 2. The molecule has 0 amide bonds. The fourth-order valence-electron chi connectivity index (χ4n) is 3.49. The summed E-state index contributed by atoms with van der Waals surface area (Å²) in [5.41, 5.74) is 0.298. The molecule has 0 saturated heterocycles. The molecule has 33 heavy (non-hydrogen) atoms. The summed E-state index contributed by atoms with van der Waals surface area (Å²) in [6.07, 6.45) is -3.07. The molecule has 0 aliphatic carbocycles. The normalized spacial score (nSPS) is 11.5. The van der Waals surface area contributed by atoms with Gasteiger partial charge in [-0.15, -0.1) is 0 Å². The number of ketones is 1. The van der Waals surface area contributed by atoms with Gasteiger partial charge in [0.1, 0.15) is 12.3 Å². The van der Waals surface area contributed by atoms with E-state index < -0.39 is 17.5 Å². The number of ether oxygens (including phenoxy) is 2. The first-order valence-corrected chi connectivity index (χ1v) is 9.76. The molecular weight excluding hydrogens is 439 g/mol. The molecule has 0 spiro atoms. The number of H-pyrrole nitrogens is 2. The lowest BCUT2D eigenvalue weighted by atomic mass is 10.0. The van der Waals surface area contributed by atoms with Gasteiger partial charge in [0.2, 0.25) is 5.56 Å². The third-order valence-electron chi connectivity index (χ3n) is 5.13. The molecule has 0 radical (unpaired) electrons. The first-order chi connectivity index (χ1) is 15.7. The van der Waals surface area contributed by atoms with Crippen molar-refractivity contribution in [3.05, 3.63) is 75.7 Å². The minimum Gasteiger partial charge on any atom is -0.493 e. The number of carbonyl (C=O) groups excluding carboxylic acids is 1. The Labute approximate surface area is 185 Å². The summed E-state index contributed by atoms with van der Waals surface area (Å²) in [4.78, 5) is 26.1. The summed E-state index contributed by atoms with van der Waals surface area (Å²) in [6.45, 7) is 0.815. The number of hydrogen-bond donors (Lipinski definition) is 2. The number of Topliss-reactive ketones (excluding diaryl/α,β-unsaturated/α-hetero) is 1. The first-order valence-electron chi connectivity index (χ1n) is 9.76. The van der Waals surface area contributed by atoms with Crippen LogP contribution in [0, 0.1) is 0 Å². The molecule has 0 aliphatic heterocycles. The van der Waals surface area contributed by atoms with E-state index in [1.807, 2.05) is 0 Å². The van der Waals surface area contributed by atoms with Gasteiger partial charge < -0.3 is 14.5 Å². The van der Waals surface area contributed by atoms with Crippen molar-refractivity contribution in [3.63, 3.8) is 0 Å². The largest absolute Gasteiger partial charge is 0.493 e. The number of fused-ring (bicyclic) bond motifs is 1. The maximum Gasteiger partial charge on any atom is 0.416 e. The maximum absolute atomic E-state index is 13.5. The molecule has 0 aliphatic rings. The van der Waals surface area contributed by atoms with Gasteiger partial charge in [0, 0.05) is 22.6 Å². The van der Waals surface area contributed by atoms with E-state index in [9.17, 15) is 22.8 Å². The number of halogens is 3. The number of alkyl halides is 3. The predicted molar refractivity (Wildman–Crippen MR) is 114 cm³/mol. The summed E-state index contributed by atoms with van der Waals surface area (Å²) >= 11 is 0. The highest BCUT2D eigenvalue weighted by Gasteiger charge is 2.34. The highest BCUT2D eigenvalue weighted by atomic mass is 19.4. The molecule has 2 heterocycles. The Balaban J connectivity index is 1.66. The zero-order valence-electron chi connectivity index (χ0n) is 17.5. The molecule has 0 fully saturated rings. The van der Waals surface area contributed by atoms with Crippen molar-refractivity contribution >= 4 is 16.8 Å². The standard InChI is InChI=1S/C23H18F3N3O4/c1-12(30)13-3-4-15(18(7-13)23(24,25)26)11-33-19-6-5-14(8-20(19)32-2)16-9-21(31)28-22-17(16)10-27-29-22/h3-10H,11H2,1-2H3,(H2,27,28,29,31). The third kappa shape index (κ3) is 4.45. The van der Waals surface area contributed by atoms with E-state index >= 15 is 0 Å². The molecule has 0 unspecified atom stereocenters. The van der Waals surface area contributed by atoms with Crippen molar-refractivity contribution in [1.82, 2.24) is 15.2 Å². The van der Waals surface area contributed by atoms with Gasteiger partial charge in [-0.25, -0.2) is 0 Å². The Morgan fingerprint density at radius 1 is 1.09 bits per heavy atom. The van der Waals surface area contributed by atoms with Crippen LogP contribution in [0.2, 0.25) is 0 Å². The molecule has 4 aromatic rings. The number of nitrogens with one attached hydrogen (secondary N) is 2. The van der Waals surface area contributed by atoms with E-state index in [4.69, 9.17) is 9.47 Å². The van der Waals surface area contributed by atoms with Gasteiger partial charge in [0.15, 0.2) is 17.3 Å². The van der Waals surface area contributed by atoms with Crippen LogP contribution in [-0.2, 0) is 12.8 Å². The monoisotopic (exact) mass is 457 g/mol. The molecule has 0 bridgehead atoms. The third-order valence-corrected chi connectivity index (χ3v) is 5.13. The van der Waals surface area contributed by atoms with Gasteiger partial charge in [0.05, 0.1) is 18.9 Å². The fourth-order valence-corrected chi connectivity index (χ4v) is 3.49.